The van der Waals surface area contributed by atoms with Gasteiger partial charge in [-0.2, -0.15) is 0 Å². The maximum Gasteiger partial charge on any atom is 0.272 e. The van der Waals surface area contributed by atoms with Gasteiger partial charge in [-0.25, -0.2) is 4.98 Å². The van der Waals surface area contributed by atoms with E-state index in [-0.39, 0.29) is 5.91 Å². The van der Waals surface area contributed by atoms with Gasteiger partial charge in [-0.1, -0.05) is 18.9 Å². The van der Waals surface area contributed by atoms with E-state index in [0.29, 0.717) is 16.3 Å². The standard InChI is InChI=1S/C12H15BrN2O/c1-15(9-5-2-3-6-9)12(16)10-7-4-8-11(13)14-10/h4,7-9H,2-3,5-6H2,1H3. The zero-order chi connectivity index (χ0) is 11.5. The van der Waals surface area contributed by atoms with Crippen LogP contribution in [-0.4, -0.2) is 28.9 Å². The minimum atomic E-state index is 0.0215. The average molecular weight is 283 g/mol. The number of pyridine rings is 1. The molecule has 1 aliphatic rings. The number of hydrogen-bond acceptors (Lipinski definition) is 2. The molecule has 0 bridgehead atoms. The summed E-state index contributed by atoms with van der Waals surface area (Å²) in [5, 5.41) is 0. The minimum Gasteiger partial charge on any atom is -0.337 e. The Morgan fingerprint density at radius 1 is 1.44 bits per heavy atom. The molecule has 1 aromatic heterocycles. The summed E-state index contributed by atoms with van der Waals surface area (Å²) in [6, 6.07) is 5.82. The Bertz CT molecular complexity index is 388. The normalized spacial score (nSPS) is 16.4. The zero-order valence-corrected chi connectivity index (χ0v) is 10.9. The summed E-state index contributed by atoms with van der Waals surface area (Å²) in [4.78, 5) is 18.2. The molecule has 86 valence electrons. The number of amides is 1. The third-order valence-corrected chi connectivity index (χ3v) is 3.57. The lowest BCUT2D eigenvalue weighted by Gasteiger charge is -2.23. The van der Waals surface area contributed by atoms with Crippen LogP contribution in [0.25, 0.3) is 0 Å². The highest BCUT2D eigenvalue weighted by Gasteiger charge is 2.24. The molecule has 0 saturated heterocycles. The molecule has 1 aliphatic carbocycles. The van der Waals surface area contributed by atoms with Gasteiger partial charge in [0.25, 0.3) is 5.91 Å². The summed E-state index contributed by atoms with van der Waals surface area (Å²) >= 11 is 3.28. The molecule has 0 unspecified atom stereocenters. The lowest BCUT2D eigenvalue weighted by Crippen LogP contribution is -2.35. The van der Waals surface area contributed by atoms with Crippen LogP contribution in [0.4, 0.5) is 0 Å². The van der Waals surface area contributed by atoms with E-state index in [0.717, 1.165) is 12.8 Å². The lowest BCUT2D eigenvalue weighted by molar-refractivity contribution is 0.0729. The molecule has 0 N–H and O–H groups in total. The average Bonchev–Trinajstić information content (AvgIpc) is 2.80. The minimum absolute atomic E-state index is 0.0215. The lowest BCUT2D eigenvalue weighted by atomic mass is 10.2. The molecule has 0 aromatic carbocycles. The summed E-state index contributed by atoms with van der Waals surface area (Å²) in [5.74, 6) is 0.0215. The molecule has 0 aliphatic heterocycles. The first-order valence-electron chi connectivity index (χ1n) is 5.58. The van der Waals surface area contributed by atoms with E-state index in [1.807, 2.05) is 24.1 Å². The highest BCUT2D eigenvalue weighted by atomic mass is 79.9. The molecule has 1 saturated carbocycles. The monoisotopic (exact) mass is 282 g/mol. The van der Waals surface area contributed by atoms with Crippen LogP contribution in [0.5, 0.6) is 0 Å². The van der Waals surface area contributed by atoms with Gasteiger partial charge >= 0.3 is 0 Å². The van der Waals surface area contributed by atoms with E-state index in [4.69, 9.17) is 0 Å². The second-order valence-electron chi connectivity index (χ2n) is 4.20. The van der Waals surface area contributed by atoms with E-state index in [2.05, 4.69) is 20.9 Å². The van der Waals surface area contributed by atoms with Gasteiger partial charge < -0.3 is 4.90 Å². The Labute approximate surface area is 104 Å². The van der Waals surface area contributed by atoms with Crippen molar-refractivity contribution in [3.8, 4) is 0 Å². The van der Waals surface area contributed by atoms with Crippen LogP contribution in [0, 0.1) is 0 Å². The molecule has 1 fully saturated rings. The molecule has 16 heavy (non-hydrogen) atoms. The Kier molecular flexibility index (Phi) is 3.59. The van der Waals surface area contributed by atoms with E-state index < -0.39 is 0 Å². The molecule has 0 radical (unpaired) electrons. The van der Waals surface area contributed by atoms with Crippen molar-refractivity contribution >= 4 is 21.8 Å². The molecule has 0 atom stereocenters. The third kappa shape index (κ3) is 2.43. The Hall–Kier alpha value is -0.900. The molecule has 3 nitrogen and oxygen atoms in total. The van der Waals surface area contributed by atoms with E-state index >= 15 is 0 Å². The van der Waals surface area contributed by atoms with Crippen LogP contribution < -0.4 is 0 Å². The van der Waals surface area contributed by atoms with Crippen LogP contribution >= 0.6 is 15.9 Å². The van der Waals surface area contributed by atoms with Crippen LogP contribution in [0.3, 0.4) is 0 Å². The van der Waals surface area contributed by atoms with Gasteiger partial charge in [0.1, 0.15) is 10.3 Å². The smallest absolute Gasteiger partial charge is 0.272 e. The molecule has 4 heteroatoms. The van der Waals surface area contributed by atoms with E-state index in [1.165, 1.54) is 12.8 Å². The number of nitrogens with zero attached hydrogens (tertiary/aromatic N) is 2. The fraction of sp³-hybridized carbons (Fsp3) is 0.500. The van der Waals surface area contributed by atoms with Crippen molar-refractivity contribution in [1.82, 2.24) is 9.88 Å². The Morgan fingerprint density at radius 3 is 2.75 bits per heavy atom. The first kappa shape index (κ1) is 11.6. The maximum atomic E-state index is 12.1. The molecule has 2 rings (SSSR count). The summed E-state index contributed by atoms with van der Waals surface area (Å²) in [5.41, 5.74) is 0.517. The van der Waals surface area contributed by atoms with Crippen molar-refractivity contribution in [2.24, 2.45) is 0 Å². The van der Waals surface area contributed by atoms with Gasteiger partial charge in [0.2, 0.25) is 0 Å². The number of aromatic nitrogens is 1. The topological polar surface area (TPSA) is 33.2 Å². The summed E-state index contributed by atoms with van der Waals surface area (Å²) in [6.45, 7) is 0. The van der Waals surface area contributed by atoms with Crippen molar-refractivity contribution in [1.29, 1.82) is 0 Å². The Morgan fingerprint density at radius 2 is 2.12 bits per heavy atom. The SMILES string of the molecule is CN(C(=O)c1cccc(Br)n1)C1CCCC1. The second-order valence-corrected chi connectivity index (χ2v) is 5.01. The molecule has 1 amide bonds. The van der Waals surface area contributed by atoms with Gasteiger partial charge in [-0.3, -0.25) is 4.79 Å². The molecule has 1 heterocycles. The van der Waals surface area contributed by atoms with Crippen LogP contribution in [0.2, 0.25) is 0 Å². The number of carbonyl (C=O) groups is 1. The summed E-state index contributed by atoms with van der Waals surface area (Å²) in [7, 11) is 1.88. The van der Waals surface area contributed by atoms with E-state index in [9.17, 15) is 4.79 Å². The van der Waals surface area contributed by atoms with Gasteiger partial charge in [-0.15, -0.1) is 0 Å². The van der Waals surface area contributed by atoms with Crippen molar-refractivity contribution < 1.29 is 4.79 Å². The highest BCUT2D eigenvalue weighted by Crippen LogP contribution is 2.23. The maximum absolute atomic E-state index is 12.1. The molecular weight excluding hydrogens is 268 g/mol. The van der Waals surface area contributed by atoms with E-state index in [1.54, 1.807) is 6.07 Å². The van der Waals surface area contributed by atoms with Crippen molar-refractivity contribution in [3.63, 3.8) is 0 Å². The second kappa shape index (κ2) is 4.95. The van der Waals surface area contributed by atoms with Gasteiger partial charge in [0, 0.05) is 13.1 Å². The molecular formula is C12H15BrN2O. The van der Waals surface area contributed by atoms with Crippen molar-refractivity contribution in [3.05, 3.63) is 28.5 Å². The largest absolute Gasteiger partial charge is 0.337 e. The number of rotatable bonds is 2. The van der Waals surface area contributed by atoms with Crippen LogP contribution in [-0.2, 0) is 0 Å². The number of halogens is 1. The van der Waals surface area contributed by atoms with Crippen molar-refractivity contribution in [2.75, 3.05) is 7.05 Å². The summed E-state index contributed by atoms with van der Waals surface area (Å²) < 4.78 is 0.707. The van der Waals surface area contributed by atoms with Gasteiger partial charge in [0.15, 0.2) is 0 Å². The third-order valence-electron chi connectivity index (χ3n) is 3.13. The van der Waals surface area contributed by atoms with Gasteiger partial charge in [-0.05, 0) is 40.9 Å². The predicted molar refractivity (Wildman–Crippen MR) is 66.3 cm³/mol. The fourth-order valence-electron chi connectivity index (χ4n) is 2.17. The highest BCUT2D eigenvalue weighted by molar-refractivity contribution is 9.10. The predicted octanol–water partition coefficient (Wildman–Crippen LogP) is 2.86. The molecule has 0 spiro atoms. The fourth-order valence-corrected chi connectivity index (χ4v) is 2.51. The number of hydrogen-bond donors (Lipinski definition) is 0. The van der Waals surface area contributed by atoms with Crippen LogP contribution in [0.1, 0.15) is 36.2 Å². The first-order valence-corrected chi connectivity index (χ1v) is 6.37. The first-order chi connectivity index (χ1) is 7.68. The summed E-state index contributed by atoms with van der Waals surface area (Å²) in [6.07, 6.45) is 4.70. The van der Waals surface area contributed by atoms with Gasteiger partial charge in [0.05, 0.1) is 0 Å². The number of carbonyl (C=O) groups excluding carboxylic acids is 1. The Balaban J connectivity index is 2.12. The quantitative estimate of drug-likeness (QED) is 0.782. The van der Waals surface area contributed by atoms with Crippen molar-refractivity contribution in [2.45, 2.75) is 31.7 Å². The molecule has 1 aromatic rings. The van der Waals surface area contributed by atoms with Crippen LogP contribution in [0.15, 0.2) is 22.8 Å². The zero-order valence-electron chi connectivity index (χ0n) is 9.32.